The van der Waals surface area contributed by atoms with Crippen LogP contribution >= 0.6 is 0 Å². The minimum atomic E-state index is -2.22. The zero-order valence-corrected chi connectivity index (χ0v) is 19.1. The van der Waals surface area contributed by atoms with Gasteiger partial charge >= 0.3 is 11.9 Å². The van der Waals surface area contributed by atoms with Crippen LogP contribution in [0, 0.1) is 17.3 Å². The lowest BCUT2D eigenvalue weighted by Crippen LogP contribution is -2.69. The van der Waals surface area contributed by atoms with Crippen LogP contribution in [0.5, 0.6) is 0 Å². The molecule has 2 aliphatic carbocycles. The van der Waals surface area contributed by atoms with Crippen LogP contribution < -0.4 is 0 Å². The molecule has 1 heterocycles. The summed E-state index contributed by atoms with van der Waals surface area (Å²) in [6, 6.07) is 0. The quantitative estimate of drug-likeness (QED) is 0.185. The highest BCUT2D eigenvalue weighted by Crippen LogP contribution is 2.55. The topological polar surface area (TPSA) is 183 Å². The van der Waals surface area contributed by atoms with Gasteiger partial charge in [0.2, 0.25) is 5.79 Å². The number of ether oxygens (including phenoxy) is 3. The summed E-state index contributed by atoms with van der Waals surface area (Å²) < 4.78 is 16.8. The molecule has 11 nitrogen and oxygen atoms in total. The molecule has 1 aliphatic heterocycles. The Morgan fingerprint density at radius 3 is 2.35 bits per heavy atom. The highest BCUT2D eigenvalue weighted by molar-refractivity contribution is 5.90. The molecule has 8 atom stereocenters. The van der Waals surface area contributed by atoms with Gasteiger partial charge in [0.25, 0.3) is 0 Å². The van der Waals surface area contributed by atoms with Gasteiger partial charge in [-0.3, -0.25) is 4.79 Å². The molecule has 2 fully saturated rings. The number of aliphatic hydroxyl groups excluding tert-OH is 5. The third kappa shape index (κ3) is 4.53. The summed E-state index contributed by atoms with van der Waals surface area (Å²) in [6.45, 7) is 2.19. The van der Waals surface area contributed by atoms with Crippen molar-refractivity contribution in [3.05, 3.63) is 24.3 Å². The van der Waals surface area contributed by atoms with Crippen LogP contribution in [0.25, 0.3) is 0 Å². The number of hydrogen-bond donors (Lipinski definition) is 6. The van der Waals surface area contributed by atoms with Gasteiger partial charge in [-0.05, 0) is 12.8 Å². The minimum absolute atomic E-state index is 0.198. The van der Waals surface area contributed by atoms with Crippen LogP contribution in [0.15, 0.2) is 24.3 Å². The van der Waals surface area contributed by atoms with E-state index in [0.717, 1.165) is 12.8 Å². The SMILES string of the molecule is C=C[C@@H]1[C@H](CC(=O)O)C(C(=O)OC)=CC2(CCCC2)[C@H]1O[C@]1(CO)O[C@H](CO)[C@@H](O)[C@H](O)[C@H]1O. The van der Waals surface area contributed by atoms with E-state index >= 15 is 0 Å². The van der Waals surface area contributed by atoms with E-state index in [1.54, 1.807) is 6.08 Å². The number of rotatable bonds is 8. The zero-order chi connectivity index (χ0) is 25.3. The molecule has 1 saturated carbocycles. The number of carbonyl (C=O) groups is 2. The van der Waals surface area contributed by atoms with Crippen molar-refractivity contribution in [2.75, 3.05) is 20.3 Å². The number of hydrogen-bond acceptors (Lipinski definition) is 10. The van der Waals surface area contributed by atoms with E-state index in [0.29, 0.717) is 12.8 Å². The lowest BCUT2D eigenvalue weighted by Gasteiger charge is -2.53. The van der Waals surface area contributed by atoms with E-state index < -0.39 is 85.1 Å². The van der Waals surface area contributed by atoms with Crippen LogP contribution in [0.1, 0.15) is 32.1 Å². The van der Waals surface area contributed by atoms with Crippen LogP contribution in [0.3, 0.4) is 0 Å². The first-order valence-electron chi connectivity index (χ1n) is 11.4. The van der Waals surface area contributed by atoms with E-state index in [2.05, 4.69) is 6.58 Å². The summed E-state index contributed by atoms with van der Waals surface area (Å²) in [4.78, 5) is 24.3. The second kappa shape index (κ2) is 10.4. The molecule has 0 unspecified atom stereocenters. The van der Waals surface area contributed by atoms with Crippen LogP contribution in [0.2, 0.25) is 0 Å². The Bertz CT molecular complexity index is 803. The third-order valence-corrected chi connectivity index (χ3v) is 7.43. The molecule has 1 saturated heterocycles. The van der Waals surface area contributed by atoms with Crippen LogP contribution in [-0.2, 0) is 23.8 Å². The summed E-state index contributed by atoms with van der Waals surface area (Å²) in [7, 11) is 1.21. The molecule has 0 radical (unpaired) electrons. The maximum Gasteiger partial charge on any atom is 0.333 e. The standard InChI is InChI=1S/C23H34O11/c1-3-12-13(8-16(26)27)14(21(31)32-2)9-22(6-4-5-7-22)20(12)34-23(11-25)19(30)18(29)17(28)15(10-24)33-23/h3,9,12-13,15,17-20,24-25,28-30H,1,4-8,10-11H2,2H3,(H,26,27)/t12-,13+,15-,17-,18+,19-,20+,23+/m1/s1. The number of carboxylic acid groups (broad SMARTS) is 1. The molecule has 6 N–H and O–H groups in total. The third-order valence-electron chi connectivity index (χ3n) is 7.43. The molecule has 0 amide bonds. The molecule has 0 aromatic carbocycles. The van der Waals surface area contributed by atoms with Crippen molar-refractivity contribution in [3.63, 3.8) is 0 Å². The second-order valence-electron chi connectivity index (χ2n) is 9.32. The summed E-state index contributed by atoms with van der Waals surface area (Å²) in [5.41, 5.74) is -0.596. The van der Waals surface area contributed by atoms with Crippen molar-refractivity contribution < 1.29 is 54.4 Å². The largest absolute Gasteiger partial charge is 0.481 e. The maximum atomic E-state index is 12.6. The zero-order valence-electron chi connectivity index (χ0n) is 19.1. The van der Waals surface area contributed by atoms with Gasteiger partial charge in [0.1, 0.15) is 31.0 Å². The molecule has 0 aromatic heterocycles. The van der Waals surface area contributed by atoms with Gasteiger partial charge in [-0.25, -0.2) is 4.79 Å². The predicted octanol–water partition coefficient (Wildman–Crippen LogP) is -0.899. The number of carboxylic acids is 1. The Balaban J connectivity index is 2.12. The number of methoxy groups -OCH3 is 1. The molecular weight excluding hydrogens is 452 g/mol. The summed E-state index contributed by atoms with van der Waals surface area (Å²) in [5.74, 6) is -5.67. The first-order valence-corrected chi connectivity index (χ1v) is 11.4. The number of aliphatic carboxylic acids is 1. The first-order chi connectivity index (χ1) is 16.1. The monoisotopic (exact) mass is 486 g/mol. The summed E-state index contributed by atoms with van der Waals surface area (Å²) in [6.07, 6.45) is -2.14. The Hall–Kier alpha value is -1.86. The highest BCUT2D eigenvalue weighted by Gasteiger charge is 2.60. The van der Waals surface area contributed by atoms with Gasteiger partial charge in [-0.2, -0.15) is 0 Å². The number of esters is 1. The minimum Gasteiger partial charge on any atom is -0.481 e. The van der Waals surface area contributed by atoms with Gasteiger partial charge in [0, 0.05) is 22.8 Å². The van der Waals surface area contributed by atoms with Crippen molar-refractivity contribution in [1.29, 1.82) is 0 Å². The van der Waals surface area contributed by atoms with Crippen molar-refractivity contribution in [2.45, 2.75) is 68.4 Å². The lowest BCUT2D eigenvalue weighted by atomic mass is 9.62. The normalized spacial score (nSPS) is 39.5. The molecule has 1 spiro atoms. The average Bonchev–Trinajstić information content (AvgIpc) is 3.29. The van der Waals surface area contributed by atoms with Crippen molar-refractivity contribution in [1.82, 2.24) is 0 Å². The molecule has 0 bridgehead atoms. The number of aliphatic hydroxyl groups is 5. The van der Waals surface area contributed by atoms with Gasteiger partial charge < -0.3 is 44.8 Å². The Kier molecular flexibility index (Phi) is 8.18. The molecule has 3 aliphatic rings. The van der Waals surface area contributed by atoms with Crippen molar-refractivity contribution >= 4 is 11.9 Å². The highest BCUT2D eigenvalue weighted by atomic mass is 16.7. The fourth-order valence-corrected chi connectivity index (χ4v) is 5.70. The van der Waals surface area contributed by atoms with Gasteiger partial charge in [0.05, 0.1) is 26.2 Å². The summed E-state index contributed by atoms with van der Waals surface area (Å²) >= 11 is 0. The summed E-state index contributed by atoms with van der Waals surface area (Å²) in [5, 5.41) is 60.7. The van der Waals surface area contributed by atoms with Crippen LogP contribution in [0.4, 0.5) is 0 Å². The van der Waals surface area contributed by atoms with E-state index in [-0.39, 0.29) is 5.57 Å². The molecule has 34 heavy (non-hydrogen) atoms. The lowest BCUT2D eigenvalue weighted by molar-refractivity contribution is -0.392. The predicted molar refractivity (Wildman–Crippen MR) is 115 cm³/mol. The Morgan fingerprint density at radius 2 is 1.85 bits per heavy atom. The van der Waals surface area contributed by atoms with Gasteiger partial charge in [-0.1, -0.05) is 25.0 Å². The average molecular weight is 487 g/mol. The smallest absolute Gasteiger partial charge is 0.333 e. The van der Waals surface area contributed by atoms with Crippen molar-refractivity contribution in [2.24, 2.45) is 17.3 Å². The van der Waals surface area contributed by atoms with E-state index in [1.807, 2.05) is 0 Å². The molecular formula is C23H34O11. The van der Waals surface area contributed by atoms with E-state index in [1.165, 1.54) is 13.2 Å². The first kappa shape index (κ1) is 26.7. The Labute approximate surface area is 197 Å². The van der Waals surface area contributed by atoms with Crippen molar-refractivity contribution in [3.8, 4) is 0 Å². The van der Waals surface area contributed by atoms with E-state index in [4.69, 9.17) is 14.2 Å². The second-order valence-corrected chi connectivity index (χ2v) is 9.32. The van der Waals surface area contributed by atoms with Gasteiger partial charge in [-0.15, -0.1) is 6.58 Å². The molecule has 0 aromatic rings. The molecule has 192 valence electrons. The molecule has 11 heteroatoms. The van der Waals surface area contributed by atoms with Gasteiger partial charge in [0.15, 0.2) is 0 Å². The molecule has 3 rings (SSSR count). The van der Waals surface area contributed by atoms with E-state index in [9.17, 15) is 40.2 Å². The van der Waals surface area contributed by atoms with Crippen LogP contribution in [-0.4, -0.2) is 99.2 Å². The number of carbonyl (C=O) groups excluding carboxylic acids is 1. The maximum absolute atomic E-state index is 12.6. The fraction of sp³-hybridized carbons (Fsp3) is 0.739. The fourth-order valence-electron chi connectivity index (χ4n) is 5.70. The Morgan fingerprint density at radius 1 is 1.21 bits per heavy atom.